The zero-order valence-electron chi connectivity index (χ0n) is 19.4. The summed E-state index contributed by atoms with van der Waals surface area (Å²) in [6.45, 7) is 1.49. The second-order valence-corrected chi connectivity index (χ2v) is 7.99. The molecule has 0 spiro atoms. The third-order valence-corrected chi connectivity index (χ3v) is 5.21. The zero-order chi connectivity index (χ0) is 24.2. The van der Waals surface area contributed by atoms with Crippen LogP contribution in [0.2, 0.25) is 0 Å². The molecule has 0 amide bonds. The molecule has 0 fully saturated rings. The first-order chi connectivity index (χ1) is 16.6. The second-order valence-electron chi connectivity index (χ2n) is 7.58. The fraction of sp³-hybridized carbons (Fsp3) is 0.269. The van der Waals surface area contributed by atoms with Crippen molar-refractivity contribution in [2.24, 2.45) is 0 Å². The van der Waals surface area contributed by atoms with Crippen molar-refractivity contribution in [2.75, 3.05) is 44.5 Å². The molecule has 0 saturated carbocycles. The molecule has 0 unspecified atom stereocenters. The summed E-state index contributed by atoms with van der Waals surface area (Å²) in [6, 6.07) is 23.1. The van der Waals surface area contributed by atoms with E-state index in [-0.39, 0.29) is 6.61 Å². The van der Waals surface area contributed by atoms with Gasteiger partial charge >= 0.3 is 0 Å². The molecule has 0 aliphatic rings. The van der Waals surface area contributed by atoms with E-state index in [4.69, 9.17) is 26.4 Å². The van der Waals surface area contributed by atoms with Crippen LogP contribution < -0.4 is 30.2 Å². The molecule has 34 heavy (non-hydrogen) atoms. The van der Waals surface area contributed by atoms with Crippen LogP contribution in [0.1, 0.15) is 5.56 Å². The average molecular weight is 482 g/mol. The van der Waals surface area contributed by atoms with Crippen LogP contribution in [0.4, 0.5) is 11.4 Å². The molecule has 3 aromatic carbocycles. The highest BCUT2D eigenvalue weighted by molar-refractivity contribution is 7.80. The Balaban J connectivity index is 1.36. The molecule has 1 atom stereocenters. The van der Waals surface area contributed by atoms with Gasteiger partial charge in [0.25, 0.3) is 0 Å². The Morgan fingerprint density at radius 3 is 2.26 bits per heavy atom. The number of benzene rings is 3. The Labute approximate surface area is 206 Å². The van der Waals surface area contributed by atoms with E-state index in [1.165, 1.54) is 5.56 Å². The van der Waals surface area contributed by atoms with E-state index in [1.807, 2.05) is 60.7 Å². The monoisotopic (exact) mass is 481 g/mol. The Hall–Kier alpha value is -3.33. The van der Waals surface area contributed by atoms with Crippen molar-refractivity contribution < 1.29 is 19.3 Å². The van der Waals surface area contributed by atoms with Crippen molar-refractivity contribution in [1.29, 1.82) is 0 Å². The van der Waals surface area contributed by atoms with Crippen molar-refractivity contribution in [3.63, 3.8) is 0 Å². The smallest absolute Gasteiger partial charge is 0.175 e. The van der Waals surface area contributed by atoms with Gasteiger partial charge in [0.05, 0.1) is 14.2 Å². The molecule has 0 heterocycles. The van der Waals surface area contributed by atoms with Crippen molar-refractivity contribution in [3.8, 4) is 17.2 Å². The third kappa shape index (κ3) is 8.22. The second kappa shape index (κ2) is 13.4. The minimum Gasteiger partial charge on any atom is -0.493 e. The van der Waals surface area contributed by atoms with E-state index in [9.17, 15) is 5.11 Å². The highest BCUT2D eigenvalue weighted by Crippen LogP contribution is 2.29. The predicted molar refractivity (Wildman–Crippen MR) is 140 cm³/mol. The van der Waals surface area contributed by atoms with Crippen LogP contribution in [0.15, 0.2) is 72.8 Å². The van der Waals surface area contributed by atoms with Crippen LogP contribution in [0, 0.1) is 0 Å². The summed E-state index contributed by atoms with van der Waals surface area (Å²) in [5.41, 5.74) is 2.88. The van der Waals surface area contributed by atoms with Crippen LogP contribution in [-0.4, -0.2) is 50.2 Å². The largest absolute Gasteiger partial charge is 0.493 e. The molecule has 0 aliphatic carbocycles. The Bertz CT molecular complexity index is 1030. The molecule has 0 aliphatic heterocycles. The predicted octanol–water partition coefficient (Wildman–Crippen LogP) is 4.08. The van der Waals surface area contributed by atoms with E-state index < -0.39 is 6.10 Å². The SMILES string of the molecule is COc1ccc(NC(=S)Nc2ccc(CCNC[C@H](O)COc3ccccc3)cc2)cc1OC. The summed E-state index contributed by atoms with van der Waals surface area (Å²) in [4.78, 5) is 0. The highest BCUT2D eigenvalue weighted by Gasteiger charge is 2.07. The number of ether oxygens (including phenoxy) is 3. The van der Waals surface area contributed by atoms with Crippen molar-refractivity contribution in [3.05, 3.63) is 78.4 Å². The van der Waals surface area contributed by atoms with Crippen LogP contribution >= 0.6 is 12.2 Å². The molecule has 3 rings (SSSR count). The molecular formula is C26H31N3O4S. The van der Waals surface area contributed by atoms with Gasteiger partial charge in [-0.3, -0.25) is 0 Å². The lowest BCUT2D eigenvalue weighted by molar-refractivity contribution is 0.106. The molecule has 0 radical (unpaired) electrons. The standard InChI is InChI=1S/C26H31N3O4S/c1-31-24-13-12-21(16-25(24)32-2)29-26(34)28-20-10-8-19(9-11-20)14-15-27-17-22(30)18-33-23-6-4-3-5-7-23/h3-13,16,22,27,30H,14-15,17-18H2,1-2H3,(H2,28,29,34)/t22-/m0/s1. The van der Waals surface area contributed by atoms with E-state index in [0.29, 0.717) is 23.2 Å². The number of para-hydroxylation sites is 1. The van der Waals surface area contributed by atoms with Gasteiger partial charge in [0.1, 0.15) is 18.5 Å². The van der Waals surface area contributed by atoms with Gasteiger partial charge in [-0.15, -0.1) is 0 Å². The van der Waals surface area contributed by atoms with Gasteiger partial charge in [-0.25, -0.2) is 0 Å². The van der Waals surface area contributed by atoms with Gasteiger partial charge in [0.2, 0.25) is 0 Å². The minimum atomic E-state index is -0.564. The number of thiocarbonyl (C=S) groups is 1. The molecule has 8 heteroatoms. The van der Waals surface area contributed by atoms with Crippen molar-refractivity contribution >= 4 is 28.7 Å². The Morgan fingerprint density at radius 2 is 1.56 bits per heavy atom. The lowest BCUT2D eigenvalue weighted by atomic mass is 10.1. The molecule has 180 valence electrons. The number of hydrogen-bond donors (Lipinski definition) is 4. The minimum absolute atomic E-state index is 0.259. The van der Waals surface area contributed by atoms with Crippen molar-refractivity contribution in [1.82, 2.24) is 5.32 Å². The first-order valence-electron chi connectivity index (χ1n) is 11.0. The van der Waals surface area contributed by atoms with Crippen molar-refractivity contribution in [2.45, 2.75) is 12.5 Å². The lowest BCUT2D eigenvalue weighted by Crippen LogP contribution is -2.32. The van der Waals surface area contributed by atoms with Gasteiger partial charge in [0.15, 0.2) is 16.6 Å². The van der Waals surface area contributed by atoms with Gasteiger partial charge in [-0.05, 0) is 67.1 Å². The molecule has 4 N–H and O–H groups in total. The number of nitrogens with one attached hydrogen (secondary N) is 3. The summed E-state index contributed by atoms with van der Waals surface area (Å²) in [5.74, 6) is 2.05. The maximum Gasteiger partial charge on any atom is 0.175 e. The number of aliphatic hydroxyl groups is 1. The Morgan fingerprint density at radius 1 is 0.882 bits per heavy atom. The number of methoxy groups -OCH3 is 2. The van der Waals surface area contributed by atoms with E-state index in [1.54, 1.807) is 14.2 Å². The van der Waals surface area contributed by atoms with Gasteiger partial charge in [0, 0.05) is 24.0 Å². The first kappa shape index (κ1) is 25.3. The fourth-order valence-electron chi connectivity index (χ4n) is 3.23. The molecule has 0 bridgehead atoms. The summed E-state index contributed by atoms with van der Waals surface area (Å²) < 4.78 is 16.1. The summed E-state index contributed by atoms with van der Waals surface area (Å²) in [7, 11) is 3.19. The average Bonchev–Trinajstić information content (AvgIpc) is 2.86. The van der Waals surface area contributed by atoms with Gasteiger partial charge in [-0.1, -0.05) is 30.3 Å². The summed E-state index contributed by atoms with van der Waals surface area (Å²) in [5, 5.41) is 20.1. The summed E-state index contributed by atoms with van der Waals surface area (Å²) in [6.07, 6.45) is 0.284. The quantitative estimate of drug-likeness (QED) is 0.228. The third-order valence-electron chi connectivity index (χ3n) is 5.01. The molecule has 3 aromatic rings. The zero-order valence-corrected chi connectivity index (χ0v) is 20.2. The van der Waals surface area contributed by atoms with Gasteiger partial charge in [-0.2, -0.15) is 0 Å². The topological polar surface area (TPSA) is 84.0 Å². The number of rotatable bonds is 12. The fourth-order valence-corrected chi connectivity index (χ4v) is 3.47. The van der Waals surface area contributed by atoms with Crippen LogP contribution in [0.25, 0.3) is 0 Å². The van der Waals surface area contributed by atoms with E-state index >= 15 is 0 Å². The van der Waals surface area contributed by atoms with Crippen LogP contribution in [-0.2, 0) is 6.42 Å². The Kier molecular flexibility index (Phi) is 9.97. The first-order valence-corrected chi connectivity index (χ1v) is 11.4. The maximum atomic E-state index is 10.1. The maximum absolute atomic E-state index is 10.1. The normalized spacial score (nSPS) is 11.4. The number of aliphatic hydroxyl groups excluding tert-OH is 1. The lowest BCUT2D eigenvalue weighted by Gasteiger charge is -2.14. The van der Waals surface area contributed by atoms with Crippen LogP contribution in [0.5, 0.6) is 17.2 Å². The molecule has 0 saturated heterocycles. The van der Waals surface area contributed by atoms with Gasteiger partial charge < -0.3 is 35.3 Å². The van der Waals surface area contributed by atoms with E-state index in [0.717, 1.165) is 30.1 Å². The van der Waals surface area contributed by atoms with E-state index in [2.05, 4.69) is 28.1 Å². The molecular weight excluding hydrogens is 450 g/mol. The molecule has 0 aromatic heterocycles. The number of hydrogen-bond acceptors (Lipinski definition) is 6. The highest BCUT2D eigenvalue weighted by atomic mass is 32.1. The van der Waals surface area contributed by atoms with Crippen LogP contribution in [0.3, 0.4) is 0 Å². The number of anilines is 2. The summed E-state index contributed by atoms with van der Waals surface area (Å²) >= 11 is 5.42. The molecule has 7 nitrogen and oxygen atoms in total.